The second-order valence-electron chi connectivity index (χ2n) is 6.85. The number of hydrogen-bond donors (Lipinski definition) is 1. The van der Waals surface area contributed by atoms with Crippen LogP contribution in [0.1, 0.15) is 25.7 Å². The molecular weight excluding hydrogens is 314 g/mol. The van der Waals surface area contributed by atoms with Gasteiger partial charge in [0.2, 0.25) is 0 Å². The fourth-order valence-corrected chi connectivity index (χ4v) is 4.54. The van der Waals surface area contributed by atoms with Crippen LogP contribution in [0.25, 0.3) is 0 Å². The van der Waals surface area contributed by atoms with Gasteiger partial charge >= 0.3 is 0 Å². The molecule has 0 amide bonds. The van der Waals surface area contributed by atoms with Crippen molar-refractivity contribution in [1.29, 1.82) is 0 Å². The fraction of sp³-hybridized carbons (Fsp3) is 0.500. The second-order valence-corrected chi connectivity index (χ2v) is 8.05. The van der Waals surface area contributed by atoms with Crippen molar-refractivity contribution in [1.82, 2.24) is 15.1 Å². The van der Waals surface area contributed by atoms with E-state index in [1.807, 2.05) is 11.8 Å². The van der Waals surface area contributed by atoms with Gasteiger partial charge in [0.25, 0.3) is 0 Å². The summed E-state index contributed by atoms with van der Waals surface area (Å²) in [7, 11) is 0. The van der Waals surface area contributed by atoms with Gasteiger partial charge in [0.05, 0.1) is 11.9 Å². The molecule has 4 heteroatoms. The number of nitrogens with zero attached hydrogens (tertiary/aromatic N) is 2. The highest BCUT2D eigenvalue weighted by Gasteiger charge is 2.27. The van der Waals surface area contributed by atoms with Crippen molar-refractivity contribution in [3.05, 3.63) is 53.2 Å². The van der Waals surface area contributed by atoms with Crippen LogP contribution in [0.4, 0.5) is 0 Å². The lowest BCUT2D eigenvalue weighted by molar-refractivity contribution is 0.133. The summed E-state index contributed by atoms with van der Waals surface area (Å²) in [6.07, 6.45) is 11.2. The Kier molecular flexibility index (Phi) is 5.14. The van der Waals surface area contributed by atoms with Crippen molar-refractivity contribution >= 4 is 11.8 Å². The highest BCUT2D eigenvalue weighted by molar-refractivity contribution is 8.03. The SMILES string of the molecule is [C]1=C(N2CCCN(C3CCC3)CC2)C=C(Sc2ccccc2)CN1. The van der Waals surface area contributed by atoms with E-state index in [0.29, 0.717) is 0 Å². The first-order chi connectivity index (χ1) is 11.9. The summed E-state index contributed by atoms with van der Waals surface area (Å²) in [4.78, 5) is 7.90. The van der Waals surface area contributed by atoms with Gasteiger partial charge in [-0.2, -0.15) is 0 Å². The van der Waals surface area contributed by atoms with Gasteiger partial charge in [-0.3, -0.25) is 4.90 Å². The molecule has 3 aliphatic rings. The van der Waals surface area contributed by atoms with Crippen molar-refractivity contribution < 1.29 is 0 Å². The molecule has 1 radical (unpaired) electrons. The van der Waals surface area contributed by atoms with Gasteiger partial charge in [0.15, 0.2) is 0 Å². The van der Waals surface area contributed by atoms with Crippen molar-refractivity contribution in [3.8, 4) is 0 Å². The van der Waals surface area contributed by atoms with Crippen molar-refractivity contribution in [2.45, 2.75) is 36.6 Å². The number of rotatable bonds is 4. The molecule has 2 heterocycles. The topological polar surface area (TPSA) is 18.5 Å². The molecule has 2 fully saturated rings. The van der Waals surface area contributed by atoms with E-state index in [4.69, 9.17) is 0 Å². The van der Waals surface area contributed by atoms with Gasteiger partial charge < -0.3 is 10.2 Å². The Morgan fingerprint density at radius 3 is 2.67 bits per heavy atom. The maximum Gasteiger partial charge on any atom is 0.0838 e. The van der Waals surface area contributed by atoms with E-state index in [2.05, 4.69) is 57.7 Å². The van der Waals surface area contributed by atoms with Gasteiger partial charge in [-0.15, -0.1) is 0 Å². The van der Waals surface area contributed by atoms with Crippen LogP contribution < -0.4 is 5.32 Å². The van der Waals surface area contributed by atoms with Crippen LogP contribution in [0.5, 0.6) is 0 Å². The molecule has 0 atom stereocenters. The molecule has 1 aromatic rings. The lowest BCUT2D eigenvalue weighted by atomic mass is 9.91. The average molecular weight is 341 g/mol. The molecule has 3 nitrogen and oxygen atoms in total. The number of hydrogen-bond acceptors (Lipinski definition) is 4. The largest absolute Gasteiger partial charge is 0.377 e. The van der Waals surface area contributed by atoms with Crippen molar-refractivity contribution in [3.63, 3.8) is 0 Å². The monoisotopic (exact) mass is 340 g/mol. The zero-order valence-electron chi connectivity index (χ0n) is 14.2. The fourth-order valence-electron chi connectivity index (χ4n) is 3.63. The average Bonchev–Trinajstić information content (AvgIpc) is 2.81. The van der Waals surface area contributed by atoms with E-state index in [1.54, 1.807) is 0 Å². The molecule has 1 N–H and O–H groups in total. The van der Waals surface area contributed by atoms with E-state index < -0.39 is 0 Å². The van der Waals surface area contributed by atoms with Crippen LogP contribution in [0, 0.1) is 6.20 Å². The van der Waals surface area contributed by atoms with E-state index in [9.17, 15) is 0 Å². The summed E-state index contributed by atoms with van der Waals surface area (Å²) >= 11 is 1.86. The Balaban J connectivity index is 1.39. The van der Waals surface area contributed by atoms with Crippen LogP contribution in [0.15, 0.2) is 51.9 Å². The standard InChI is InChI=1S/C20H26N3S/c1-2-8-19(9-3-1)24-20-14-18(15-21-16-20)23-11-5-10-22(12-13-23)17-6-4-7-17/h1-3,8-9,14,17,21H,4-7,10-13,16H2. The third-order valence-electron chi connectivity index (χ3n) is 5.23. The molecule has 1 aliphatic carbocycles. The summed E-state index contributed by atoms with van der Waals surface area (Å²) in [6, 6.07) is 11.5. The molecule has 127 valence electrons. The highest BCUT2D eigenvalue weighted by atomic mass is 32.2. The molecule has 2 aliphatic heterocycles. The summed E-state index contributed by atoms with van der Waals surface area (Å²) in [5.41, 5.74) is 1.23. The Labute approximate surface area is 149 Å². The summed E-state index contributed by atoms with van der Waals surface area (Å²) in [6.45, 7) is 5.61. The van der Waals surface area contributed by atoms with E-state index in [-0.39, 0.29) is 0 Å². The molecular formula is C20H26N3S. The first-order valence-electron chi connectivity index (χ1n) is 9.17. The van der Waals surface area contributed by atoms with Gasteiger partial charge in [0, 0.05) is 48.6 Å². The maximum atomic E-state index is 3.39. The Morgan fingerprint density at radius 1 is 1.00 bits per heavy atom. The Hall–Kier alpha value is -1.39. The Morgan fingerprint density at radius 2 is 1.88 bits per heavy atom. The predicted molar refractivity (Wildman–Crippen MR) is 101 cm³/mol. The van der Waals surface area contributed by atoms with Gasteiger partial charge in [0.1, 0.15) is 0 Å². The third kappa shape index (κ3) is 3.81. The van der Waals surface area contributed by atoms with E-state index in [0.717, 1.165) is 25.7 Å². The predicted octanol–water partition coefficient (Wildman–Crippen LogP) is 3.47. The first-order valence-corrected chi connectivity index (χ1v) is 9.98. The number of nitrogens with one attached hydrogen (secondary N) is 1. The molecule has 0 aromatic heterocycles. The maximum absolute atomic E-state index is 3.39. The molecule has 4 rings (SSSR count). The summed E-state index contributed by atoms with van der Waals surface area (Å²) in [5, 5.41) is 3.35. The van der Waals surface area contributed by atoms with Gasteiger partial charge in [-0.1, -0.05) is 36.4 Å². The minimum atomic E-state index is 0.868. The third-order valence-corrected chi connectivity index (χ3v) is 6.26. The number of thioether (sulfide) groups is 1. The highest BCUT2D eigenvalue weighted by Crippen LogP contribution is 2.30. The molecule has 1 saturated carbocycles. The Bertz CT molecular complexity index is 607. The van der Waals surface area contributed by atoms with Crippen LogP contribution in [0.2, 0.25) is 0 Å². The van der Waals surface area contributed by atoms with Crippen LogP contribution in [0.3, 0.4) is 0 Å². The lowest BCUT2D eigenvalue weighted by Crippen LogP contribution is -2.42. The normalized spacial score (nSPS) is 22.9. The molecule has 1 aromatic carbocycles. The number of benzene rings is 1. The molecule has 0 bridgehead atoms. The van der Waals surface area contributed by atoms with Crippen molar-refractivity contribution in [2.24, 2.45) is 0 Å². The number of dihydropyridines is 1. The smallest absolute Gasteiger partial charge is 0.0838 e. The quantitative estimate of drug-likeness (QED) is 0.904. The van der Waals surface area contributed by atoms with Crippen molar-refractivity contribution in [2.75, 3.05) is 32.7 Å². The van der Waals surface area contributed by atoms with Crippen LogP contribution in [-0.2, 0) is 0 Å². The van der Waals surface area contributed by atoms with E-state index >= 15 is 0 Å². The number of allylic oxidation sites excluding steroid dienone is 1. The second kappa shape index (κ2) is 7.66. The minimum absolute atomic E-state index is 0.868. The lowest BCUT2D eigenvalue weighted by Gasteiger charge is -2.36. The van der Waals surface area contributed by atoms with Gasteiger partial charge in [-0.05, 0) is 37.5 Å². The zero-order valence-corrected chi connectivity index (χ0v) is 15.0. The van der Waals surface area contributed by atoms with Crippen LogP contribution in [-0.4, -0.2) is 48.6 Å². The van der Waals surface area contributed by atoms with Crippen LogP contribution >= 0.6 is 11.8 Å². The molecule has 1 saturated heterocycles. The molecule has 0 unspecified atom stereocenters. The first kappa shape index (κ1) is 16.1. The summed E-state index contributed by atoms with van der Waals surface area (Å²) < 4.78 is 0. The van der Waals surface area contributed by atoms with E-state index in [1.165, 1.54) is 54.3 Å². The molecule has 0 spiro atoms. The minimum Gasteiger partial charge on any atom is -0.377 e. The summed E-state index contributed by atoms with van der Waals surface area (Å²) in [5.74, 6) is 0. The molecule has 24 heavy (non-hydrogen) atoms. The zero-order chi connectivity index (χ0) is 16.2. The van der Waals surface area contributed by atoms with Gasteiger partial charge in [-0.25, -0.2) is 0 Å².